The fourth-order valence-electron chi connectivity index (χ4n) is 3.12. The second-order valence-electron chi connectivity index (χ2n) is 9.23. The Balaban J connectivity index is 2.31. The van der Waals surface area contributed by atoms with Crippen LogP contribution in [0.2, 0.25) is 0 Å². The maximum absolute atomic E-state index is 13.3. The van der Waals surface area contributed by atoms with E-state index in [0.717, 1.165) is 10.0 Å². The number of hydrogen-bond donors (Lipinski definition) is 3. The van der Waals surface area contributed by atoms with Crippen LogP contribution in [0.1, 0.15) is 40.2 Å². The van der Waals surface area contributed by atoms with E-state index in [1.807, 2.05) is 30.3 Å². The Morgan fingerprint density at radius 3 is 2.32 bits per heavy atom. The van der Waals surface area contributed by atoms with Crippen molar-refractivity contribution in [1.82, 2.24) is 9.79 Å². The third-order valence-corrected chi connectivity index (χ3v) is 6.17. The first-order valence-electron chi connectivity index (χ1n) is 11.0. The molecule has 0 bridgehead atoms. The summed E-state index contributed by atoms with van der Waals surface area (Å²) in [6, 6.07) is 14.2. The number of aliphatic hydroxyl groups is 1. The van der Waals surface area contributed by atoms with Gasteiger partial charge >= 0.3 is 6.09 Å². The number of benzene rings is 2. The number of nitrogens with one attached hydrogen (secondary N) is 1. The molecule has 188 valence electrons. The summed E-state index contributed by atoms with van der Waals surface area (Å²) in [5.41, 5.74) is 6.14. The minimum absolute atomic E-state index is 0.0694. The number of nitrogens with two attached hydrogens (primary N) is 1. The van der Waals surface area contributed by atoms with Crippen molar-refractivity contribution in [3.8, 4) is 0 Å². The van der Waals surface area contributed by atoms with Crippen LogP contribution in [0.15, 0.2) is 59.5 Å². The van der Waals surface area contributed by atoms with Gasteiger partial charge in [0.25, 0.3) is 10.0 Å². The molecule has 0 heterocycles. The van der Waals surface area contributed by atoms with E-state index in [1.54, 1.807) is 40.7 Å². The molecule has 10 heteroatoms. The number of alkyl carbamates (subject to hydrolysis) is 1. The third kappa shape index (κ3) is 8.60. The van der Waals surface area contributed by atoms with Crippen molar-refractivity contribution in [3.05, 3.63) is 60.2 Å². The summed E-state index contributed by atoms with van der Waals surface area (Å²) in [7, 11) is -4.15. The van der Waals surface area contributed by atoms with Crippen LogP contribution < -0.4 is 11.1 Å². The van der Waals surface area contributed by atoms with Crippen molar-refractivity contribution in [2.75, 3.05) is 12.3 Å². The van der Waals surface area contributed by atoms with Crippen molar-refractivity contribution in [2.45, 2.75) is 69.8 Å². The summed E-state index contributed by atoms with van der Waals surface area (Å²) in [5, 5.41) is 13.8. The molecule has 9 nitrogen and oxygen atoms in total. The van der Waals surface area contributed by atoms with E-state index in [-0.39, 0.29) is 17.0 Å². The van der Waals surface area contributed by atoms with Gasteiger partial charge in [0.15, 0.2) is 0 Å². The first kappa shape index (κ1) is 27.6. The monoisotopic (exact) mass is 493 g/mol. The molecule has 0 aromatic heterocycles. The minimum Gasteiger partial charge on any atom is -0.444 e. The highest BCUT2D eigenvalue weighted by molar-refractivity contribution is 7.89. The lowest BCUT2D eigenvalue weighted by atomic mass is 10.0. The topological polar surface area (TPSA) is 131 Å². The third-order valence-electron chi connectivity index (χ3n) is 4.55. The number of anilines is 1. The van der Waals surface area contributed by atoms with Crippen molar-refractivity contribution < 1.29 is 27.9 Å². The minimum atomic E-state index is -4.15. The van der Waals surface area contributed by atoms with Gasteiger partial charge in [0.05, 0.1) is 29.7 Å². The van der Waals surface area contributed by atoms with Crippen LogP contribution in [0.3, 0.4) is 0 Å². The van der Waals surface area contributed by atoms with E-state index in [9.17, 15) is 18.3 Å². The average molecular weight is 494 g/mol. The molecule has 2 atom stereocenters. The summed E-state index contributed by atoms with van der Waals surface area (Å²) in [6.07, 6.45) is -2.28. The van der Waals surface area contributed by atoms with Gasteiger partial charge in [-0.05, 0) is 64.8 Å². The molecule has 0 aliphatic rings. The summed E-state index contributed by atoms with van der Waals surface area (Å²) < 4.78 is 32.6. The quantitative estimate of drug-likeness (QED) is 0.342. The number of carbonyl (C=O) groups is 1. The highest BCUT2D eigenvalue weighted by Crippen LogP contribution is 2.21. The number of amides is 1. The molecule has 34 heavy (non-hydrogen) atoms. The number of rotatable bonds is 10. The van der Waals surface area contributed by atoms with E-state index in [0.29, 0.717) is 0 Å². The summed E-state index contributed by atoms with van der Waals surface area (Å²) >= 11 is 0. The number of hydroxylamine groups is 1. The molecule has 0 fully saturated rings. The molecular weight excluding hydrogens is 458 g/mol. The Morgan fingerprint density at radius 2 is 1.76 bits per heavy atom. The molecule has 0 saturated carbocycles. The summed E-state index contributed by atoms with van der Waals surface area (Å²) in [5.74, 6) is 0. The SMILES string of the molecule is CC(C)ON(C[C@@H](O)[C@H](Cc1ccccc1)NC(=O)OC(C)(C)C)S(=O)(=O)c1cccc(N)c1. The fraction of sp³-hybridized carbons (Fsp3) is 0.458. The summed E-state index contributed by atoms with van der Waals surface area (Å²) in [4.78, 5) is 18.0. The Hall–Kier alpha value is -2.66. The smallest absolute Gasteiger partial charge is 0.407 e. The highest BCUT2D eigenvalue weighted by atomic mass is 32.2. The number of nitrogens with zero attached hydrogens (tertiary/aromatic N) is 1. The number of hydrogen-bond acceptors (Lipinski definition) is 7. The van der Waals surface area contributed by atoms with Crippen LogP contribution in [0.25, 0.3) is 0 Å². The molecule has 0 aliphatic heterocycles. The fourth-order valence-corrected chi connectivity index (χ4v) is 4.52. The van der Waals surface area contributed by atoms with E-state index in [4.69, 9.17) is 15.3 Å². The van der Waals surface area contributed by atoms with Gasteiger partial charge in [-0.3, -0.25) is 4.84 Å². The molecule has 2 aromatic carbocycles. The molecule has 0 aliphatic carbocycles. The van der Waals surface area contributed by atoms with E-state index < -0.39 is 46.5 Å². The van der Waals surface area contributed by atoms with Crippen LogP contribution in [0.5, 0.6) is 0 Å². The van der Waals surface area contributed by atoms with Crippen molar-refractivity contribution in [1.29, 1.82) is 0 Å². The second-order valence-corrected chi connectivity index (χ2v) is 11.1. The van der Waals surface area contributed by atoms with E-state index in [1.165, 1.54) is 18.2 Å². The molecule has 0 saturated heterocycles. The largest absolute Gasteiger partial charge is 0.444 e. The zero-order chi connectivity index (χ0) is 25.5. The van der Waals surface area contributed by atoms with Gasteiger partial charge in [0.2, 0.25) is 0 Å². The van der Waals surface area contributed by atoms with Crippen LogP contribution in [0, 0.1) is 0 Å². The lowest BCUT2D eigenvalue weighted by molar-refractivity contribution is -0.136. The van der Waals surface area contributed by atoms with Gasteiger partial charge < -0.3 is 20.9 Å². The lowest BCUT2D eigenvalue weighted by Crippen LogP contribution is -2.51. The molecule has 2 rings (SSSR count). The first-order valence-corrected chi connectivity index (χ1v) is 12.5. The Bertz CT molecular complexity index is 1040. The normalized spacial score (nSPS) is 14.1. The Labute approximate surface area is 201 Å². The molecule has 0 unspecified atom stereocenters. The van der Waals surface area contributed by atoms with Gasteiger partial charge in [-0.25, -0.2) is 13.2 Å². The van der Waals surface area contributed by atoms with E-state index in [2.05, 4.69) is 5.32 Å². The van der Waals surface area contributed by atoms with Crippen molar-refractivity contribution >= 4 is 21.8 Å². The maximum Gasteiger partial charge on any atom is 0.407 e. The Morgan fingerprint density at radius 1 is 1.12 bits per heavy atom. The standard InChI is InChI=1S/C24H35N3O6S/c1-17(2)33-27(34(30,31)20-13-9-12-19(25)15-20)16-22(28)21(14-18-10-7-6-8-11-18)26-23(29)32-24(3,4)5/h6-13,15,17,21-22,28H,14,16,25H2,1-5H3,(H,26,29)/t21-,22+/m0/s1. The lowest BCUT2D eigenvalue weighted by Gasteiger charge is -2.30. The molecule has 0 radical (unpaired) electrons. The summed E-state index contributed by atoms with van der Waals surface area (Å²) in [6.45, 7) is 8.11. The molecular formula is C24H35N3O6S. The van der Waals surface area contributed by atoms with Crippen molar-refractivity contribution in [3.63, 3.8) is 0 Å². The van der Waals surface area contributed by atoms with Gasteiger partial charge in [0.1, 0.15) is 5.60 Å². The molecule has 4 N–H and O–H groups in total. The zero-order valence-electron chi connectivity index (χ0n) is 20.3. The number of ether oxygens (including phenoxy) is 1. The molecule has 1 amide bonds. The van der Waals surface area contributed by atoms with E-state index >= 15 is 0 Å². The second kappa shape index (κ2) is 11.7. The van der Waals surface area contributed by atoms with Crippen molar-refractivity contribution in [2.24, 2.45) is 0 Å². The van der Waals surface area contributed by atoms with Gasteiger partial charge in [-0.1, -0.05) is 40.9 Å². The number of aliphatic hydroxyl groups excluding tert-OH is 1. The van der Waals surface area contributed by atoms with Crippen LogP contribution in [-0.2, 0) is 26.0 Å². The predicted molar refractivity (Wildman–Crippen MR) is 130 cm³/mol. The van der Waals surface area contributed by atoms with Gasteiger partial charge in [-0.2, -0.15) is 0 Å². The van der Waals surface area contributed by atoms with Crippen LogP contribution in [0.4, 0.5) is 10.5 Å². The number of sulfonamides is 1. The van der Waals surface area contributed by atoms with Crippen LogP contribution >= 0.6 is 0 Å². The number of nitrogen functional groups attached to an aromatic ring is 1. The highest BCUT2D eigenvalue weighted by Gasteiger charge is 2.33. The predicted octanol–water partition coefficient (Wildman–Crippen LogP) is 3.10. The number of carbonyl (C=O) groups excluding carboxylic acids is 1. The Kier molecular flexibility index (Phi) is 9.45. The molecule has 2 aromatic rings. The zero-order valence-corrected chi connectivity index (χ0v) is 21.1. The van der Waals surface area contributed by atoms with Gasteiger partial charge in [0, 0.05) is 5.69 Å². The average Bonchev–Trinajstić information content (AvgIpc) is 2.71. The van der Waals surface area contributed by atoms with Gasteiger partial charge in [-0.15, -0.1) is 0 Å². The maximum atomic E-state index is 13.3. The van der Waals surface area contributed by atoms with Crippen LogP contribution in [-0.4, -0.2) is 54.5 Å². The first-order chi connectivity index (χ1) is 15.8. The molecule has 0 spiro atoms.